The molecule has 0 saturated heterocycles. The van der Waals surface area contributed by atoms with Gasteiger partial charge in [-0.05, 0) is 35.9 Å². The summed E-state index contributed by atoms with van der Waals surface area (Å²) in [7, 11) is 0. The van der Waals surface area contributed by atoms with Gasteiger partial charge in [0.05, 0.1) is 4.88 Å². The number of hydrogen-bond acceptors (Lipinski definition) is 4. The molecule has 0 fully saturated rings. The number of aromatic nitrogens is 2. The summed E-state index contributed by atoms with van der Waals surface area (Å²) >= 11 is 1.46. The normalized spacial score (nSPS) is 10.2. The fourth-order valence-corrected chi connectivity index (χ4v) is 2.74. The van der Waals surface area contributed by atoms with Crippen molar-refractivity contribution in [2.75, 3.05) is 5.73 Å². The highest BCUT2D eigenvalue weighted by atomic mass is 32.1. The average molecular weight is 265 g/mol. The topological polar surface area (TPSA) is 51.8 Å². The van der Waals surface area contributed by atoms with Crippen LogP contribution in [0.1, 0.15) is 12.6 Å². The molecule has 0 spiro atoms. The number of nitrogen functional groups attached to an aromatic ring is 1. The monoisotopic (exact) mass is 265 g/mol. The van der Waals surface area contributed by atoms with Crippen LogP contribution >= 0.6 is 11.3 Å². The van der Waals surface area contributed by atoms with E-state index >= 15 is 0 Å². The van der Waals surface area contributed by atoms with Crippen molar-refractivity contribution < 1.29 is 0 Å². The molecule has 19 heavy (non-hydrogen) atoms. The Kier molecular flexibility index (Phi) is 2.90. The van der Waals surface area contributed by atoms with Crippen LogP contribution in [-0.4, -0.2) is 9.97 Å². The molecule has 0 aliphatic carbocycles. The fourth-order valence-electron chi connectivity index (χ4n) is 1.96. The second-order valence-electron chi connectivity index (χ2n) is 4.04. The van der Waals surface area contributed by atoms with Crippen LogP contribution < -0.4 is 5.73 Å². The highest BCUT2D eigenvalue weighted by Gasteiger charge is 2.10. The van der Waals surface area contributed by atoms with E-state index in [1.54, 1.807) is 13.1 Å². The van der Waals surface area contributed by atoms with Crippen LogP contribution in [0.5, 0.6) is 0 Å². The Bertz CT molecular complexity index is 809. The van der Waals surface area contributed by atoms with Crippen molar-refractivity contribution in [3.8, 4) is 22.3 Å². The minimum atomic E-state index is 0.544. The summed E-state index contributed by atoms with van der Waals surface area (Å²) in [6.45, 7) is 1.80. The standard InChI is InChI=1S/C15H11N3S/c1-2-3-13-14(19-15(16)18-13)11-4-5-12-9-17-7-6-10(12)8-11/h4-9H,1H3,(H2,16,18). The van der Waals surface area contributed by atoms with Gasteiger partial charge in [-0.15, -0.1) is 0 Å². The summed E-state index contributed by atoms with van der Waals surface area (Å²) in [6.07, 6.45) is 3.65. The maximum absolute atomic E-state index is 5.79. The molecule has 2 aromatic heterocycles. The largest absolute Gasteiger partial charge is 0.375 e. The first-order valence-electron chi connectivity index (χ1n) is 5.81. The van der Waals surface area contributed by atoms with Crippen LogP contribution in [0.25, 0.3) is 21.2 Å². The van der Waals surface area contributed by atoms with Crippen molar-refractivity contribution in [2.24, 2.45) is 0 Å². The fraction of sp³-hybridized carbons (Fsp3) is 0.0667. The lowest BCUT2D eigenvalue weighted by atomic mass is 10.1. The quantitative estimate of drug-likeness (QED) is 0.687. The van der Waals surface area contributed by atoms with Gasteiger partial charge >= 0.3 is 0 Å². The number of benzene rings is 1. The number of hydrogen-bond donors (Lipinski definition) is 1. The number of nitrogens with two attached hydrogens (primary N) is 1. The van der Waals surface area contributed by atoms with Gasteiger partial charge in [0.1, 0.15) is 5.69 Å². The molecular weight excluding hydrogens is 254 g/mol. The lowest BCUT2D eigenvalue weighted by Gasteiger charge is -2.01. The highest BCUT2D eigenvalue weighted by Crippen LogP contribution is 2.32. The van der Waals surface area contributed by atoms with Crippen molar-refractivity contribution in [3.63, 3.8) is 0 Å². The molecule has 0 aliphatic rings. The zero-order valence-corrected chi connectivity index (χ0v) is 11.2. The Morgan fingerprint density at radius 1 is 1.21 bits per heavy atom. The Labute approximate surface area is 115 Å². The van der Waals surface area contributed by atoms with Gasteiger partial charge < -0.3 is 5.73 Å². The lowest BCUT2D eigenvalue weighted by molar-refractivity contribution is 1.36. The average Bonchev–Trinajstić information content (AvgIpc) is 2.80. The Hall–Kier alpha value is -2.38. The molecule has 0 atom stereocenters. The number of pyridine rings is 1. The molecule has 0 bridgehead atoms. The molecule has 3 aromatic rings. The molecule has 2 N–H and O–H groups in total. The zero-order chi connectivity index (χ0) is 13.2. The van der Waals surface area contributed by atoms with Crippen LogP contribution in [0, 0.1) is 11.8 Å². The summed E-state index contributed by atoms with van der Waals surface area (Å²) < 4.78 is 0. The summed E-state index contributed by atoms with van der Waals surface area (Å²) in [5.41, 5.74) is 7.63. The summed E-state index contributed by atoms with van der Waals surface area (Å²) in [5.74, 6) is 5.87. The molecular formula is C15H11N3S. The maximum Gasteiger partial charge on any atom is 0.181 e. The van der Waals surface area contributed by atoms with Gasteiger partial charge in [0.15, 0.2) is 5.13 Å². The van der Waals surface area contributed by atoms with Gasteiger partial charge in [-0.1, -0.05) is 29.4 Å². The van der Waals surface area contributed by atoms with E-state index in [9.17, 15) is 0 Å². The van der Waals surface area contributed by atoms with E-state index in [1.807, 2.05) is 12.3 Å². The molecule has 92 valence electrons. The van der Waals surface area contributed by atoms with Crippen LogP contribution in [0.15, 0.2) is 36.7 Å². The first-order valence-corrected chi connectivity index (χ1v) is 6.63. The molecule has 1 aromatic carbocycles. The second kappa shape index (κ2) is 4.71. The number of fused-ring (bicyclic) bond motifs is 1. The SMILES string of the molecule is CC#Cc1nc(N)sc1-c1ccc2cnccc2c1. The van der Waals surface area contributed by atoms with Crippen molar-refractivity contribution in [2.45, 2.75) is 6.92 Å². The number of nitrogens with zero attached hydrogens (tertiary/aromatic N) is 2. The summed E-state index contributed by atoms with van der Waals surface area (Å²) in [4.78, 5) is 9.40. The molecule has 0 saturated carbocycles. The number of rotatable bonds is 1. The lowest BCUT2D eigenvalue weighted by Crippen LogP contribution is -1.83. The van der Waals surface area contributed by atoms with E-state index in [2.05, 4.69) is 40.0 Å². The third kappa shape index (κ3) is 2.16. The third-order valence-corrected chi connectivity index (χ3v) is 3.72. The zero-order valence-electron chi connectivity index (χ0n) is 10.3. The van der Waals surface area contributed by atoms with Crippen LogP contribution in [0.2, 0.25) is 0 Å². The van der Waals surface area contributed by atoms with E-state index in [1.165, 1.54) is 11.3 Å². The van der Waals surface area contributed by atoms with Gasteiger partial charge in [0.2, 0.25) is 0 Å². The minimum absolute atomic E-state index is 0.544. The predicted molar refractivity (Wildman–Crippen MR) is 79.8 cm³/mol. The summed E-state index contributed by atoms with van der Waals surface area (Å²) in [5, 5.41) is 2.81. The molecule has 0 unspecified atom stereocenters. The van der Waals surface area contributed by atoms with Gasteiger partial charge in [0.25, 0.3) is 0 Å². The molecule has 2 heterocycles. The van der Waals surface area contributed by atoms with E-state index in [0.29, 0.717) is 5.13 Å². The molecule has 0 radical (unpaired) electrons. The summed E-state index contributed by atoms with van der Waals surface area (Å²) in [6, 6.07) is 8.22. The van der Waals surface area contributed by atoms with Crippen molar-refractivity contribution in [1.82, 2.24) is 9.97 Å². The van der Waals surface area contributed by atoms with Crippen LogP contribution in [0.3, 0.4) is 0 Å². The van der Waals surface area contributed by atoms with Crippen LogP contribution in [-0.2, 0) is 0 Å². The second-order valence-corrected chi connectivity index (χ2v) is 5.07. The predicted octanol–water partition coefficient (Wildman–Crippen LogP) is 3.31. The molecule has 0 aliphatic heterocycles. The number of anilines is 1. The first kappa shape index (κ1) is 11.7. The number of thiazole rings is 1. The Morgan fingerprint density at radius 2 is 2.11 bits per heavy atom. The Balaban J connectivity index is 2.20. The van der Waals surface area contributed by atoms with E-state index in [0.717, 1.165) is 26.9 Å². The maximum atomic E-state index is 5.79. The van der Waals surface area contributed by atoms with E-state index in [-0.39, 0.29) is 0 Å². The van der Waals surface area contributed by atoms with Gasteiger partial charge in [-0.2, -0.15) is 0 Å². The van der Waals surface area contributed by atoms with Crippen molar-refractivity contribution in [3.05, 3.63) is 42.4 Å². The molecule has 0 amide bonds. The Morgan fingerprint density at radius 3 is 2.95 bits per heavy atom. The van der Waals surface area contributed by atoms with Crippen molar-refractivity contribution >= 4 is 27.2 Å². The van der Waals surface area contributed by atoms with Crippen molar-refractivity contribution in [1.29, 1.82) is 0 Å². The third-order valence-electron chi connectivity index (χ3n) is 2.79. The molecule has 3 nitrogen and oxygen atoms in total. The van der Waals surface area contributed by atoms with Gasteiger partial charge in [-0.3, -0.25) is 4.98 Å². The van der Waals surface area contributed by atoms with E-state index < -0.39 is 0 Å². The van der Waals surface area contributed by atoms with Crippen LogP contribution in [0.4, 0.5) is 5.13 Å². The van der Waals surface area contributed by atoms with E-state index in [4.69, 9.17) is 5.73 Å². The smallest absolute Gasteiger partial charge is 0.181 e. The highest BCUT2D eigenvalue weighted by molar-refractivity contribution is 7.19. The minimum Gasteiger partial charge on any atom is -0.375 e. The first-order chi connectivity index (χ1) is 9.28. The molecule has 4 heteroatoms. The van der Waals surface area contributed by atoms with Gasteiger partial charge in [0, 0.05) is 17.8 Å². The van der Waals surface area contributed by atoms with Gasteiger partial charge in [-0.25, -0.2) is 4.98 Å². The molecule has 3 rings (SSSR count).